The Morgan fingerprint density at radius 3 is 2.28 bits per heavy atom. The third-order valence-electron chi connectivity index (χ3n) is 4.11. The Bertz CT molecular complexity index is 1070. The molecule has 1 N–H and O–H groups in total. The minimum absolute atomic E-state index is 0.212. The van der Waals surface area contributed by atoms with Crippen molar-refractivity contribution in [1.82, 2.24) is 14.8 Å². The van der Waals surface area contributed by atoms with Gasteiger partial charge >= 0.3 is 5.97 Å². The van der Waals surface area contributed by atoms with Gasteiger partial charge in [-0.25, -0.2) is 14.5 Å². The van der Waals surface area contributed by atoms with Crippen molar-refractivity contribution in [2.24, 2.45) is 0 Å². The lowest BCUT2D eigenvalue weighted by atomic mass is 10.1. The van der Waals surface area contributed by atoms with Gasteiger partial charge in [-0.15, -0.1) is 0 Å². The SMILES string of the molecule is Cc1nn(-c2ccccc2)c2nc(-c3ccccc3)cc(C(=O)O)c12. The minimum Gasteiger partial charge on any atom is -0.478 e. The summed E-state index contributed by atoms with van der Waals surface area (Å²) in [5.74, 6) is -0.986. The molecule has 0 aliphatic heterocycles. The van der Waals surface area contributed by atoms with Crippen LogP contribution in [-0.2, 0) is 0 Å². The highest BCUT2D eigenvalue weighted by atomic mass is 16.4. The molecule has 0 saturated carbocycles. The summed E-state index contributed by atoms with van der Waals surface area (Å²) in [6.07, 6.45) is 0. The average molecular weight is 329 g/mol. The number of carboxylic acids is 1. The van der Waals surface area contributed by atoms with E-state index in [-0.39, 0.29) is 5.56 Å². The normalized spacial score (nSPS) is 10.9. The summed E-state index contributed by atoms with van der Waals surface area (Å²) >= 11 is 0. The van der Waals surface area contributed by atoms with Crippen LogP contribution in [0.1, 0.15) is 16.1 Å². The standard InChI is InChI=1S/C20H15N3O2/c1-13-18-16(20(24)25)12-17(14-8-4-2-5-9-14)21-19(18)23(22-13)15-10-6-3-7-11-15/h2-12H,1H3,(H,24,25). The molecule has 2 aromatic carbocycles. The molecule has 4 rings (SSSR count). The topological polar surface area (TPSA) is 68.0 Å². The lowest BCUT2D eigenvalue weighted by Gasteiger charge is -2.07. The van der Waals surface area contributed by atoms with Gasteiger partial charge < -0.3 is 5.11 Å². The molecular formula is C20H15N3O2. The second kappa shape index (κ2) is 5.87. The van der Waals surface area contributed by atoms with E-state index in [1.54, 1.807) is 17.7 Å². The molecule has 122 valence electrons. The van der Waals surface area contributed by atoms with Crippen molar-refractivity contribution in [3.8, 4) is 16.9 Å². The Labute approximate surface area is 144 Å². The van der Waals surface area contributed by atoms with Crippen molar-refractivity contribution in [1.29, 1.82) is 0 Å². The van der Waals surface area contributed by atoms with Gasteiger partial charge in [0.15, 0.2) is 5.65 Å². The Morgan fingerprint density at radius 1 is 1.00 bits per heavy atom. The van der Waals surface area contributed by atoms with Crippen molar-refractivity contribution < 1.29 is 9.90 Å². The van der Waals surface area contributed by atoms with Crippen LogP contribution in [0.25, 0.3) is 28.0 Å². The predicted octanol–water partition coefficient (Wildman–Crippen LogP) is 4.09. The molecule has 0 bridgehead atoms. The molecule has 4 aromatic rings. The number of carboxylic acid groups (broad SMARTS) is 1. The van der Waals surface area contributed by atoms with Crippen LogP contribution in [0.5, 0.6) is 0 Å². The number of nitrogens with zero attached hydrogens (tertiary/aromatic N) is 3. The first-order chi connectivity index (χ1) is 12.1. The number of aryl methyl sites for hydroxylation is 1. The zero-order valence-electron chi connectivity index (χ0n) is 13.5. The zero-order valence-corrected chi connectivity index (χ0v) is 13.5. The van der Waals surface area contributed by atoms with Crippen molar-refractivity contribution >= 4 is 17.0 Å². The number of pyridine rings is 1. The molecule has 0 fully saturated rings. The summed E-state index contributed by atoms with van der Waals surface area (Å²) in [5, 5.41) is 14.8. The highest BCUT2D eigenvalue weighted by Crippen LogP contribution is 2.28. The molecule has 2 aromatic heterocycles. The van der Waals surface area contributed by atoms with Crippen LogP contribution in [0, 0.1) is 6.92 Å². The maximum atomic E-state index is 11.8. The van der Waals surface area contributed by atoms with Gasteiger partial charge in [0.1, 0.15) is 0 Å². The fourth-order valence-corrected chi connectivity index (χ4v) is 2.96. The molecular weight excluding hydrogens is 314 g/mol. The molecule has 0 saturated heterocycles. The van der Waals surface area contributed by atoms with Gasteiger partial charge in [0.2, 0.25) is 0 Å². The first-order valence-electron chi connectivity index (χ1n) is 7.89. The number of para-hydroxylation sites is 1. The number of aromatic carboxylic acids is 1. The monoisotopic (exact) mass is 329 g/mol. The van der Waals surface area contributed by atoms with Gasteiger partial charge in [-0.3, -0.25) is 0 Å². The van der Waals surface area contributed by atoms with E-state index in [4.69, 9.17) is 4.98 Å². The van der Waals surface area contributed by atoms with E-state index in [0.717, 1.165) is 11.3 Å². The number of carbonyl (C=O) groups is 1. The summed E-state index contributed by atoms with van der Waals surface area (Å²) in [6.45, 7) is 1.80. The number of rotatable bonds is 3. The molecule has 0 spiro atoms. The number of fused-ring (bicyclic) bond motifs is 1. The van der Waals surface area contributed by atoms with Crippen LogP contribution in [0.15, 0.2) is 66.7 Å². The van der Waals surface area contributed by atoms with E-state index in [9.17, 15) is 9.90 Å². The Morgan fingerprint density at radius 2 is 1.64 bits per heavy atom. The molecule has 0 atom stereocenters. The first kappa shape index (κ1) is 15.1. The minimum atomic E-state index is -0.986. The van der Waals surface area contributed by atoms with Crippen LogP contribution >= 0.6 is 0 Å². The number of hydrogen-bond acceptors (Lipinski definition) is 3. The summed E-state index contributed by atoms with van der Waals surface area (Å²) in [5.41, 5.74) is 3.72. The third-order valence-corrected chi connectivity index (χ3v) is 4.11. The lowest BCUT2D eigenvalue weighted by Crippen LogP contribution is -2.02. The van der Waals surface area contributed by atoms with Gasteiger partial charge in [0, 0.05) is 5.56 Å². The van der Waals surface area contributed by atoms with E-state index >= 15 is 0 Å². The van der Waals surface area contributed by atoms with Crippen molar-refractivity contribution in [2.45, 2.75) is 6.92 Å². The Kier molecular flexibility index (Phi) is 3.54. The number of benzene rings is 2. The molecule has 2 heterocycles. The summed E-state index contributed by atoms with van der Waals surface area (Å²) < 4.78 is 1.70. The molecule has 0 radical (unpaired) electrons. The fourth-order valence-electron chi connectivity index (χ4n) is 2.96. The van der Waals surface area contributed by atoms with Crippen molar-refractivity contribution in [2.75, 3.05) is 0 Å². The van der Waals surface area contributed by atoms with Gasteiger partial charge in [-0.1, -0.05) is 48.5 Å². The average Bonchev–Trinajstić information content (AvgIpc) is 2.99. The predicted molar refractivity (Wildman–Crippen MR) is 96.0 cm³/mol. The van der Waals surface area contributed by atoms with E-state index in [0.29, 0.717) is 22.4 Å². The van der Waals surface area contributed by atoms with Crippen LogP contribution in [0.4, 0.5) is 0 Å². The Balaban J connectivity index is 2.07. The summed E-state index contributed by atoms with van der Waals surface area (Å²) in [4.78, 5) is 16.6. The van der Waals surface area contributed by atoms with E-state index in [1.165, 1.54) is 0 Å². The number of hydrogen-bond donors (Lipinski definition) is 1. The molecule has 0 aliphatic carbocycles. The van der Waals surface area contributed by atoms with Crippen LogP contribution in [0.3, 0.4) is 0 Å². The van der Waals surface area contributed by atoms with Crippen LogP contribution < -0.4 is 0 Å². The van der Waals surface area contributed by atoms with E-state index in [1.807, 2.05) is 60.7 Å². The molecule has 0 unspecified atom stereocenters. The highest BCUT2D eigenvalue weighted by Gasteiger charge is 2.20. The fraction of sp³-hybridized carbons (Fsp3) is 0.0500. The summed E-state index contributed by atoms with van der Waals surface area (Å²) in [6, 6.07) is 20.8. The zero-order chi connectivity index (χ0) is 17.4. The summed E-state index contributed by atoms with van der Waals surface area (Å²) in [7, 11) is 0. The first-order valence-corrected chi connectivity index (χ1v) is 7.89. The van der Waals surface area contributed by atoms with Crippen molar-refractivity contribution in [3.05, 3.63) is 78.0 Å². The molecule has 5 nitrogen and oxygen atoms in total. The van der Waals surface area contributed by atoms with Gasteiger partial charge in [0.05, 0.1) is 28.0 Å². The maximum Gasteiger partial charge on any atom is 0.336 e. The smallest absolute Gasteiger partial charge is 0.336 e. The second-order valence-corrected chi connectivity index (χ2v) is 5.76. The molecule has 0 aliphatic rings. The van der Waals surface area contributed by atoms with Gasteiger partial charge in [-0.05, 0) is 25.1 Å². The van der Waals surface area contributed by atoms with Crippen LogP contribution in [0.2, 0.25) is 0 Å². The molecule has 5 heteroatoms. The highest BCUT2D eigenvalue weighted by molar-refractivity contribution is 6.04. The maximum absolute atomic E-state index is 11.8. The van der Waals surface area contributed by atoms with Gasteiger partial charge in [0.25, 0.3) is 0 Å². The number of aromatic nitrogens is 3. The van der Waals surface area contributed by atoms with E-state index < -0.39 is 5.97 Å². The van der Waals surface area contributed by atoms with Crippen LogP contribution in [-0.4, -0.2) is 25.8 Å². The second-order valence-electron chi connectivity index (χ2n) is 5.76. The molecule has 25 heavy (non-hydrogen) atoms. The quantitative estimate of drug-likeness (QED) is 0.614. The third kappa shape index (κ3) is 2.55. The lowest BCUT2D eigenvalue weighted by molar-refractivity contribution is 0.0699. The largest absolute Gasteiger partial charge is 0.478 e. The van der Waals surface area contributed by atoms with Gasteiger partial charge in [-0.2, -0.15) is 5.10 Å². The van der Waals surface area contributed by atoms with E-state index in [2.05, 4.69) is 5.10 Å². The Hall–Kier alpha value is -3.47. The van der Waals surface area contributed by atoms with Crippen molar-refractivity contribution in [3.63, 3.8) is 0 Å². The molecule has 0 amide bonds.